The van der Waals surface area contributed by atoms with Gasteiger partial charge in [-0.3, -0.25) is 20.0 Å². The van der Waals surface area contributed by atoms with Gasteiger partial charge in [0, 0.05) is 40.3 Å². The minimum absolute atomic E-state index is 0.146. The number of aliphatic hydroxyl groups is 2. The molecular weight excluding hydrogens is 662 g/mol. The molecule has 0 aliphatic rings. The summed E-state index contributed by atoms with van der Waals surface area (Å²) in [7, 11) is 7.10. The third-order valence-electron chi connectivity index (χ3n) is 7.17. The average molecular weight is 702 g/mol. The van der Waals surface area contributed by atoms with E-state index < -0.39 is 0 Å². The molecule has 0 saturated carbocycles. The number of anilines is 4. The highest BCUT2D eigenvalue weighted by molar-refractivity contribution is 5.82. The van der Waals surface area contributed by atoms with Crippen LogP contribution in [0.1, 0.15) is 45.8 Å². The van der Waals surface area contributed by atoms with Crippen molar-refractivity contribution in [2.45, 2.75) is 27.1 Å². The first kappa shape index (κ1) is 36.7. The minimum atomic E-state index is -0.146. The summed E-state index contributed by atoms with van der Waals surface area (Å²) in [4.78, 5) is 31.3. The topological polar surface area (TPSA) is 193 Å². The SMILES string of the molecule is Cc1nc(N(C)/N=C/c2cccc(/C=N/N(C)c3cc(N(C)/N=C/c4cccc(CO)n4)nc(C)n3)n2)cc(N(C)/N=C/c2cccc(CO)n2)n1. The van der Waals surface area contributed by atoms with E-state index in [1.165, 1.54) is 0 Å². The standard InChI is InChI=1S/C35H39N15O2/c1-24-40-32(16-34(42-24)49(5)38-20-28-12-8-14-30(22-51)45-28)47(3)36-18-26-10-7-11-27(44-26)19-37-48(4)33-17-35(43-25(2)41-33)50(6)39-21-29-13-9-15-31(23-52)46-29/h7-21,51-52H,22-23H2,1-6H3/b36-18+,37-19+,38-20+,39-21+. The average Bonchev–Trinajstić information content (AvgIpc) is 3.16. The van der Waals surface area contributed by atoms with Gasteiger partial charge in [-0.05, 0) is 50.2 Å². The number of aromatic nitrogens is 7. The lowest BCUT2D eigenvalue weighted by Gasteiger charge is -2.17. The Balaban J connectivity index is 1.24. The van der Waals surface area contributed by atoms with Gasteiger partial charge >= 0.3 is 0 Å². The van der Waals surface area contributed by atoms with Crippen molar-refractivity contribution in [3.8, 4) is 0 Å². The van der Waals surface area contributed by atoms with Crippen molar-refractivity contribution < 1.29 is 10.2 Å². The van der Waals surface area contributed by atoms with Crippen molar-refractivity contribution in [1.82, 2.24) is 34.9 Å². The van der Waals surface area contributed by atoms with Gasteiger partial charge in [-0.1, -0.05) is 18.2 Å². The number of hydrogen-bond acceptors (Lipinski definition) is 17. The van der Waals surface area contributed by atoms with Crippen molar-refractivity contribution in [2.24, 2.45) is 20.4 Å². The highest BCUT2D eigenvalue weighted by atomic mass is 16.3. The molecule has 0 amide bonds. The fourth-order valence-corrected chi connectivity index (χ4v) is 4.48. The molecule has 0 aromatic carbocycles. The maximum Gasteiger partial charge on any atom is 0.154 e. The Labute approximate surface area is 301 Å². The third kappa shape index (κ3) is 10.2. The summed E-state index contributed by atoms with van der Waals surface area (Å²) in [5.74, 6) is 3.33. The smallest absolute Gasteiger partial charge is 0.154 e. The van der Waals surface area contributed by atoms with Crippen LogP contribution in [0.3, 0.4) is 0 Å². The Hall–Kier alpha value is -6.59. The molecule has 0 atom stereocenters. The van der Waals surface area contributed by atoms with E-state index in [1.807, 2.05) is 30.3 Å². The van der Waals surface area contributed by atoms with Gasteiger partial charge in [0.05, 0.1) is 72.2 Å². The fraction of sp³-hybridized carbons (Fsp3) is 0.229. The second-order valence-electron chi connectivity index (χ2n) is 11.2. The number of hydrazone groups is 4. The molecule has 52 heavy (non-hydrogen) atoms. The summed E-state index contributed by atoms with van der Waals surface area (Å²) >= 11 is 0. The lowest BCUT2D eigenvalue weighted by molar-refractivity contribution is 0.276. The summed E-state index contributed by atoms with van der Waals surface area (Å²) in [6.07, 6.45) is 6.45. The van der Waals surface area contributed by atoms with E-state index in [4.69, 9.17) is 0 Å². The van der Waals surface area contributed by atoms with Gasteiger partial charge in [-0.25, -0.2) is 34.9 Å². The van der Waals surface area contributed by atoms with Gasteiger partial charge in [0.2, 0.25) is 0 Å². The van der Waals surface area contributed by atoms with Crippen LogP contribution in [-0.2, 0) is 13.2 Å². The molecule has 2 N–H and O–H groups in total. The molecular formula is C35H39N15O2. The Morgan fingerprint density at radius 1 is 0.462 bits per heavy atom. The van der Waals surface area contributed by atoms with Crippen LogP contribution in [0, 0.1) is 13.8 Å². The molecule has 5 aromatic rings. The van der Waals surface area contributed by atoms with Crippen molar-refractivity contribution in [3.63, 3.8) is 0 Å². The number of aliphatic hydroxyl groups excluding tert-OH is 2. The zero-order chi connectivity index (χ0) is 37.0. The molecule has 0 bridgehead atoms. The molecule has 0 saturated heterocycles. The summed E-state index contributed by atoms with van der Waals surface area (Å²) in [5.41, 5.74) is 3.57. The van der Waals surface area contributed by atoms with Gasteiger partial charge in [0.25, 0.3) is 0 Å². The van der Waals surface area contributed by atoms with Gasteiger partial charge < -0.3 is 10.2 Å². The molecule has 5 heterocycles. The molecule has 266 valence electrons. The number of nitrogens with zero attached hydrogens (tertiary/aromatic N) is 15. The molecule has 0 aliphatic heterocycles. The lowest BCUT2D eigenvalue weighted by atomic mass is 10.3. The Morgan fingerprint density at radius 2 is 0.750 bits per heavy atom. The van der Waals surface area contributed by atoms with Crippen LogP contribution >= 0.6 is 0 Å². The van der Waals surface area contributed by atoms with Gasteiger partial charge in [0.1, 0.15) is 11.6 Å². The van der Waals surface area contributed by atoms with E-state index >= 15 is 0 Å². The van der Waals surface area contributed by atoms with E-state index in [0.717, 1.165) is 0 Å². The summed E-state index contributed by atoms with van der Waals surface area (Å²) in [5, 5.41) is 43.1. The van der Waals surface area contributed by atoms with Crippen LogP contribution in [-0.4, -0.2) is 98.1 Å². The second kappa shape index (κ2) is 17.4. The zero-order valence-electron chi connectivity index (χ0n) is 29.7. The molecule has 0 spiro atoms. The molecule has 0 radical (unpaired) electrons. The maximum absolute atomic E-state index is 9.34. The van der Waals surface area contributed by atoms with Crippen LogP contribution in [0.15, 0.2) is 87.1 Å². The number of pyridine rings is 3. The quantitative estimate of drug-likeness (QED) is 0.127. The van der Waals surface area contributed by atoms with Crippen molar-refractivity contribution >= 4 is 48.1 Å². The second-order valence-corrected chi connectivity index (χ2v) is 11.2. The van der Waals surface area contributed by atoms with Gasteiger partial charge in [0.15, 0.2) is 23.3 Å². The Bertz CT molecular complexity index is 1960. The lowest BCUT2D eigenvalue weighted by Crippen LogP contribution is -2.16. The van der Waals surface area contributed by atoms with Crippen LogP contribution < -0.4 is 20.0 Å². The molecule has 5 aromatic heterocycles. The van der Waals surface area contributed by atoms with Crippen molar-refractivity contribution in [1.29, 1.82) is 0 Å². The molecule has 17 nitrogen and oxygen atoms in total. The summed E-state index contributed by atoms with van der Waals surface area (Å²) in [6.45, 7) is 3.30. The fourth-order valence-electron chi connectivity index (χ4n) is 4.48. The van der Waals surface area contributed by atoms with E-state index in [2.05, 4.69) is 55.3 Å². The van der Waals surface area contributed by atoms with Gasteiger partial charge in [-0.15, -0.1) is 0 Å². The van der Waals surface area contributed by atoms with Crippen LogP contribution in [0.5, 0.6) is 0 Å². The summed E-state index contributed by atoms with van der Waals surface area (Å²) < 4.78 is 0. The molecule has 0 aliphatic carbocycles. The van der Waals surface area contributed by atoms with Crippen molar-refractivity contribution in [2.75, 3.05) is 48.2 Å². The maximum atomic E-state index is 9.34. The van der Waals surface area contributed by atoms with Crippen LogP contribution in [0.2, 0.25) is 0 Å². The molecule has 5 rings (SSSR count). The Kier molecular flexibility index (Phi) is 12.3. The molecule has 17 heteroatoms. The van der Waals surface area contributed by atoms with E-state index in [-0.39, 0.29) is 13.2 Å². The first-order valence-electron chi connectivity index (χ1n) is 16.0. The zero-order valence-corrected chi connectivity index (χ0v) is 29.7. The highest BCUT2D eigenvalue weighted by Gasteiger charge is 2.11. The van der Waals surface area contributed by atoms with Crippen molar-refractivity contribution in [3.05, 3.63) is 113 Å². The number of hydrogen-bond donors (Lipinski definition) is 2. The van der Waals surface area contributed by atoms with E-state index in [0.29, 0.717) is 69.1 Å². The number of aryl methyl sites for hydroxylation is 2. The predicted molar refractivity (Wildman–Crippen MR) is 202 cm³/mol. The molecule has 0 fully saturated rings. The highest BCUT2D eigenvalue weighted by Crippen LogP contribution is 2.19. The summed E-state index contributed by atoms with van der Waals surface area (Å²) in [6, 6.07) is 19.8. The minimum Gasteiger partial charge on any atom is -0.390 e. The van der Waals surface area contributed by atoms with E-state index in [1.54, 1.807) is 123 Å². The van der Waals surface area contributed by atoms with Gasteiger partial charge in [-0.2, -0.15) is 20.4 Å². The Morgan fingerprint density at radius 3 is 1.06 bits per heavy atom. The third-order valence-corrected chi connectivity index (χ3v) is 7.17. The normalized spacial score (nSPS) is 11.7. The van der Waals surface area contributed by atoms with E-state index in [9.17, 15) is 10.2 Å². The largest absolute Gasteiger partial charge is 0.390 e. The first-order valence-corrected chi connectivity index (χ1v) is 16.0. The number of rotatable bonds is 14. The van der Waals surface area contributed by atoms with Crippen LogP contribution in [0.25, 0.3) is 0 Å². The first-order chi connectivity index (χ1) is 25.1. The monoisotopic (exact) mass is 701 g/mol. The molecule has 0 unspecified atom stereocenters. The van der Waals surface area contributed by atoms with Crippen LogP contribution in [0.4, 0.5) is 23.3 Å². The predicted octanol–water partition coefficient (Wildman–Crippen LogP) is 2.93.